The van der Waals surface area contributed by atoms with Gasteiger partial charge in [-0.15, -0.1) is 0 Å². The lowest BCUT2D eigenvalue weighted by atomic mass is 10.2. The highest BCUT2D eigenvalue weighted by molar-refractivity contribution is 9.10. The van der Waals surface area contributed by atoms with Crippen LogP contribution in [0.3, 0.4) is 0 Å². The number of amides is 1. The van der Waals surface area contributed by atoms with Gasteiger partial charge in [-0.25, -0.2) is 4.79 Å². The number of para-hydroxylation sites is 1. The van der Waals surface area contributed by atoms with Crippen molar-refractivity contribution in [3.05, 3.63) is 63.6 Å². The smallest absolute Gasteiger partial charge is 0.340 e. The van der Waals surface area contributed by atoms with Gasteiger partial charge in [-0.3, -0.25) is 4.79 Å². The molecule has 2 rings (SSSR count). The largest absolute Gasteiger partial charge is 0.449 e. The zero-order chi connectivity index (χ0) is 17.0. The van der Waals surface area contributed by atoms with Gasteiger partial charge in [0.25, 0.3) is 5.91 Å². The predicted molar refractivity (Wildman–Crippen MR) is 93.9 cm³/mol. The lowest BCUT2D eigenvalue weighted by molar-refractivity contribution is -0.126. The second-order valence-corrected chi connectivity index (χ2v) is 6.23. The van der Waals surface area contributed by atoms with E-state index in [-0.39, 0.29) is 16.5 Å². The molecule has 0 heterocycles. The van der Waals surface area contributed by atoms with E-state index in [1.807, 2.05) is 18.2 Å². The van der Waals surface area contributed by atoms with Gasteiger partial charge >= 0.3 is 5.97 Å². The number of hydrogen-bond acceptors (Lipinski definition) is 3. The highest BCUT2D eigenvalue weighted by atomic mass is 79.9. The number of esters is 1. The van der Waals surface area contributed by atoms with Crippen LogP contribution < -0.4 is 4.90 Å². The molecule has 0 fully saturated rings. The fraction of sp³-hybridized carbons (Fsp3) is 0.176. The summed E-state index contributed by atoms with van der Waals surface area (Å²) in [6.45, 7) is 1.53. The fourth-order valence-electron chi connectivity index (χ4n) is 1.98. The molecule has 2 aromatic rings. The Morgan fingerprint density at radius 3 is 2.48 bits per heavy atom. The lowest BCUT2D eigenvalue weighted by Gasteiger charge is -2.21. The van der Waals surface area contributed by atoms with Crippen molar-refractivity contribution in [2.45, 2.75) is 13.0 Å². The topological polar surface area (TPSA) is 46.6 Å². The maximum Gasteiger partial charge on any atom is 0.340 e. The molecule has 0 aromatic heterocycles. The van der Waals surface area contributed by atoms with E-state index in [4.69, 9.17) is 16.3 Å². The molecule has 0 saturated heterocycles. The molecule has 4 nitrogen and oxygen atoms in total. The van der Waals surface area contributed by atoms with Crippen molar-refractivity contribution in [3.8, 4) is 0 Å². The first-order chi connectivity index (χ1) is 10.9. The predicted octanol–water partition coefficient (Wildman–Crippen LogP) is 4.31. The number of rotatable bonds is 4. The number of likely N-dealkylation sites (N-methyl/N-ethyl adjacent to an activating group) is 1. The van der Waals surface area contributed by atoms with Gasteiger partial charge in [0.2, 0.25) is 0 Å². The monoisotopic (exact) mass is 395 g/mol. The first-order valence-corrected chi connectivity index (χ1v) is 8.06. The summed E-state index contributed by atoms with van der Waals surface area (Å²) >= 11 is 9.27. The average Bonchev–Trinajstić information content (AvgIpc) is 2.56. The molecule has 0 aliphatic carbocycles. The Labute approximate surface area is 148 Å². The molecule has 0 saturated carbocycles. The number of halogens is 2. The van der Waals surface area contributed by atoms with Crippen LogP contribution in [0.2, 0.25) is 5.02 Å². The summed E-state index contributed by atoms with van der Waals surface area (Å²) in [5, 5.41) is 0.272. The molecule has 6 heteroatoms. The van der Waals surface area contributed by atoms with Crippen LogP contribution in [0.15, 0.2) is 53.0 Å². The summed E-state index contributed by atoms with van der Waals surface area (Å²) in [6.07, 6.45) is -0.928. The summed E-state index contributed by atoms with van der Waals surface area (Å²) in [4.78, 5) is 26.0. The minimum Gasteiger partial charge on any atom is -0.449 e. The molecule has 0 aliphatic heterocycles. The number of carbonyl (C=O) groups is 2. The first kappa shape index (κ1) is 17.5. The highest BCUT2D eigenvalue weighted by Crippen LogP contribution is 2.22. The maximum atomic E-state index is 12.4. The van der Waals surface area contributed by atoms with Gasteiger partial charge in [0.1, 0.15) is 0 Å². The Hall–Kier alpha value is -1.85. The molecule has 23 heavy (non-hydrogen) atoms. The van der Waals surface area contributed by atoms with Crippen LogP contribution in [0.25, 0.3) is 0 Å². The minimum absolute atomic E-state index is 0.211. The molecule has 1 atom stereocenters. The third-order valence-electron chi connectivity index (χ3n) is 3.25. The maximum absolute atomic E-state index is 12.4. The van der Waals surface area contributed by atoms with E-state index in [0.717, 1.165) is 5.69 Å². The van der Waals surface area contributed by atoms with Gasteiger partial charge in [0, 0.05) is 17.2 Å². The molecule has 2 aromatic carbocycles. The van der Waals surface area contributed by atoms with Crippen LogP contribution in [0.5, 0.6) is 0 Å². The van der Waals surface area contributed by atoms with Gasteiger partial charge in [0.05, 0.1) is 10.6 Å². The van der Waals surface area contributed by atoms with E-state index in [9.17, 15) is 9.59 Å². The number of nitrogens with zero attached hydrogens (tertiary/aromatic N) is 1. The van der Waals surface area contributed by atoms with Gasteiger partial charge in [-0.2, -0.15) is 0 Å². The first-order valence-electron chi connectivity index (χ1n) is 6.89. The molecular weight excluding hydrogens is 382 g/mol. The van der Waals surface area contributed by atoms with E-state index >= 15 is 0 Å². The average molecular weight is 397 g/mol. The minimum atomic E-state index is -0.928. The van der Waals surface area contributed by atoms with Gasteiger partial charge in [0.15, 0.2) is 6.10 Å². The SMILES string of the molecule is CC(OC(=O)c1cc(Br)ccc1Cl)C(=O)N(C)c1ccccc1. The standard InChI is InChI=1S/C17H15BrClNO3/c1-11(16(21)20(2)13-6-4-3-5-7-13)23-17(22)14-10-12(18)8-9-15(14)19/h3-11H,1-2H3. The van der Waals surface area contributed by atoms with E-state index in [1.165, 1.54) is 11.8 Å². The van der Waals surface area contributed by atoms with Crippen LogP contribution in [-0.4, -0.2) is 25.0 Å². The quantitative estimate of drug-likeness (QED) is 0.724. The number of hydrogen-bond donors (Lipinski definition) is 0. The van der Waals surface area contributed by atoms with Crippen molar-refractivity contribution in [1.82, 2.24) is 0 Å². The van der Waals surface area contributed by atoms with E-state index in [2.05, 4.69) is 15.9 Å². The molecule has 1 unspecified atom stereocenters. The van der Waals surface area contributed by atoms with Gasteiger partial charge < -0.3 is 9.64 Å². The van der Waals surface area contributed by atoms with Crippen LogP contribution in [-0.2, 0) is 9.53 Å². The van der Waals surface area contributed by atoms with Crippen molar-refractivity contribution >= 4 is 45.1 Å². The van der Waals surface area contributed by atoms with Crippen molar-refractivity contribution in [2.75, 3.05) is 11.9 Å². The van der Waals surface area contributed by atoms with E-state index in [0.29, 0.717) is 4.47 Å². The van der Waals surface area contributed by atoms with Crippen LogP contribution >= 0.6 is 27.5 Å². The highest BCUT2D eigenvalue weighted by Gasteiger charge is 2.24. The summed E-state index contributed by atoms with van der Waals surface area (Å²) in [5.74, 6) is -0.964. The second-order valence-electron chi connectivity index (χ2n) is 4.90. The Morgan fingerprint density at radius 2 is 1.83 bits per heavy atom. The zero-order valence-electron chi connectivity index (χ0n) is 12.6. The van der Waals surface area contributed by atoms with E-state index < -0.39 is 12.1 Å². The summed E-state index contributed by atoms with van der Waals surface area (Å²) < 4.78 is 5.94. The van der Waals surface area contributed by atoms with Crippen molar-refractivity contribution < 1.29 is 14.3 Å². The Kier molecular flexibility index (Phi) is 5.80. The van der Waals surface area contributed by atoms with Gasteiger partial charge in [-0.1, -0.05) is 45.7 Å². The summed E-state index contributed by atoms with van der Waals surface area (Å²) in [6, 6.07) is 14.0. The molecule has 0 N–H and O–H groups in total. The van der Waals surface area contributed by atoms with Crippen molar-refractivity contribution in [1.29, 1.82) is 0 Å². The molecule has 1 amide bonds. The number of carbonyl (C=O) groups excluding carboxylic acids is 2. The van der Waals surface area contributed by atoms with Crippen LogP contribution in [0, 0.1) is 0 Å². The van der Waals surface area contributed by atoms with Crippen molar-refractivity contribution in [3.63, 3.8) is 0 Å². The van der Waals surface area contributed by atoms with Gasteiger partial charge in [-0.05, 0) is 37.3 Å². The summed E-state index contributed by atoms with van der Waals surface area (Å²) in [5.41, 5.74) is 0.934. The second kappa shape index (κ2) is 7.62. The van der Waals surface area contributed by atoms with Crippen LogP contribution in [0.1, 0.15) is 17.3 Å². The molecule has 120 valence electrons. The number of benzene rings is 2. The van der Waals surface area contributed by atoms with Crippen LogP contribution in [0.4, 0.5) is 5.69 Å². The Morgan fingerprint density at radius 1 is 1.17 bits per heavy atom. The zero-order valence-corrected chi connectivity index (χ0v) is 15.0. The number of ether oxygens (including phenoxy) is 1. The molecule has 0 aliphatic rings. The van der Waals surface area contributed by atoms with Crippen molar-refractivity contribution in [2.24, 2.45) is 0 Å². The molecule has 0 spiro atoms. The Bertz CT molecular complexity index is 721. The molecular formula is C17H15BrClNO3. The summed E-state index contributed by atoms with van der Waals surface area (Å²) in [7, 11) is 1.63. The lowest BCUT2D eigenvalue weighted by Crippen LogP contribution is -2.37. The van der Waals surface area contributed by atoms with E-state index in [1.54, 1.807) is 37.4 Å². The molecule has 0 radical (unpaired) electrons. The molecule has 0 bridgehead atoms. The fourth-order valence-corrected chi connectivity index (χ4v) is 2.54. The number of anilines is 1. The third kappa shape index (κ3) is 4.33. The third-order valence-corrected chi connectivity index (χ3v) is 4.08. The Balaban J connectivity index is 2.09. The normalized spacial score (nSPS) is 11.7.